The molecule has 2 atom stereocenters. The molecule has 4 heteroatoms. The van der Waals surface area contributed by atoms with Gasteiger partial charge in [-0.25, -0.2) is 0 Å². The van der Waals surface area contributed by atoms with Gasteiger partial charge in [0, 0.05) is 5.97 Å². The van der Waals surface area contributed by atoms with E-state index in [9.17, 15) is 20.1 Å². The SMILES string of the molecule is CCCCCCC(O)C(O)CCCCCCCC(=O)[O-]. The number of carboxylic acids is 1. The molecule has 0 bridgehead atoms. The van der Waals surface area contributed by atoms with Crippen molar-refractivity contribution in [3.8, 4) is 0 Å². The van der Waals surface area contributed by atoms with Crippen LogP contribution in [-0.4, -0.2) is 28.4 Å². The van der Waals surface area contributed by atoms with Crippen LogP contribution in [0.25, 0.3) is 0 Å². The lowest BCUT2D eigenvalue weighted by atomic mass is 10.00. The first-order valence-electron chi connectivity index (χ1n) is 8.14. The van der Waals surface area contributed by atoms with Crippen LogP contribution in [0.1, 0.15) is 84.0 Å². The van der Waals surface area contributed by atoms with E-state index in [0.29, 0.717) is 19.3 Å². The van der Waals surface area contributed by atoms with Crippen molar-refractivity contribution in [2.45, 2.75) is 96.2 Å². The zero-order valence-corrected chi connectivity index (χ0v) is 12.9. The molecule has 0 aromatic carbocycles. The Balaban J connectivity index is 3.38. The maximum Gasteiger partial charge on any atom is 0.0799 e. The van der Waals surface area contributed by atoms with Crippen LogP contribution in [0.15, 0.2) is 0 Å². The van der Waals surface area contributed by atoms with Gasteiger partial charge in [-0.1, -0.05) is 58.3 Å². The van der Waals surface area contributed by atoms with Gasteiger partial charge < -0.3 is 20.1 Å². The van der Waals surface area contributed by atoms with Gasteiger partial charge in [0.2, 0.25) is 0 Å². The Hall–Kier alpha value is -0.610. The number of carbonyl (C=O) groups is 1. The molecule has 0 saturated carbocycles. The molecule has 0 saturated heterocycles. The predicted octanol–water partition coefficient (Wildman–Crippen LogP) is 2.16. The summed E-state index contributed by atoms with van der Waals surface area (Å²) in [6.07, 6.45) is 9.14. The Morgan fingerprint density at radius 2 is 1.30 bits per heavy atom. The van der Waals surface area contributed by atoms with Crippen LogP contribution in [0.3, 0.4) is 0 Å². The van der Waals surface area contributed by atoms with E-state index in [2.05, 4.69) is 6.92 Å². The van der Waals surface area contributed by atoms with Gasteiger partial charge in [0.15, 0.2) is 0 Å². The fraction of sp³-hybridized carbons (Fsp3) is 0.938. The van der Waals surface area contributed by atoms with Crippen molar-refractivity contribution in [1.29, 1.82) is 0 Å². The first-order chi connectivity index (χ1) is 9.57. The van der Waals surface area contributed by atoms with Gasteiger partial charge in [0.05, 0.1) is 12.2 Å². The van der Waals surface area contributed by atoms with Crippen molar-refractivity contribution in [3.05, 3.63) is 0 Å². The van der Waals surface area contributed by atoms with Crippen LogP contribution in [-0.2, 0) is 4.79 Å². The molecule has 0 radical (unpaired) electrons. The van der Waals surface area contributed by atoms with Crippen LogP contribution in [0.4, 0.5) is 0 Å². The van der Waals surface area contributed by atoms with E-state index in [0.717, 1.165) is 38.5 Å². The molecule has 2 unspecified atom stereocenters. The highest BCUT2D eigenvalue weighted by Crippen LogP contribution is 2.14. The molecule has 120 valence electrons. The molecule has 0 aliphatic carbocycles. The summed E-state index contributed by atoms with van der Waals surface area (Å²) < 4.78 is 0. The Bertz CT molecular complexity index is 231. The molecule has 0 aliphatic heterocycles. The molecular weight excluding hydrogens is 256 g/mol. The monoisotopic (exact) mass is 287 g/mol. The van der Waals surface area contributed by atoms with Crippen LogP contribution in [0.2, 0.25) is 0 Å². The molecule has 20 heavy (non-hydrogen) atoms. The lowest BCUT2D eigenvalue weighted by molar-refractivity contribution is -0.305. The lowest BCUT2D eigenvalue weighted by Crippen LogP contribution is -2.25. The van der Waals surface area contributed by atoms with E-state index in [4.69, 9.17) is 0 Å². The zero-order chi connectivity index (χ0) is 15.2. The summed E-state index contributed by atoms with van der Waals surface area (Å²) in [6.45, 7) is 2.15. The van der Waals surface area contributed by atoms with Crippen molar-refractivity contribution in [2.24, 2.45) is 0 Å². The third-order valence-corrected chi connectivity index (χ3v) is 3.68. The van der Waals surface area contributed by atoms with Gasteiger partial charge >= 0.3 is 0 Å². The second-order valence-electron chi connectivity index (χ2n) is 5.66. The fourth-order valence-electron chi connectivity index (χ4n) is 2.32. The van der Waals surface area contributed by atoms with Crippen molar-refractivity contribution < 1.29 is 20.1 Å². The molecule has 0 fully saturated rings. The number of aliphatic hydroxyl groups excluding tert-OH is 2. The fourth-order valence-corrected chi connectivity index (χ4v) is 2.32. The summed E-state index contributed by atoms with van der Waals surface area (Å²) in [5, 5.41) is 29.8. The van der Waals surface area contributed by atoms with Gasteiger partial charge in [-0.2, -0.15) is 0 Å². The average Bonchev–Trinajstić information content (AvgIpc) is 2.41. The third-order valence-electron chi connectivity index (χ3n) is 3.68. The van der Waals surface area contributed by atoms with E-state index >= 15 is 0 Å². The van der Waals surface area contributed by atoms with Gasteiger partial charge in [0.1, 0.15) is 0 Å². The highest BCUT2D eigenvalue weighted by atomic mass is 16.4. The molecule has 0 aromatic heterocycles. The molecular formula is C16H31O4-. The van der Waals surface area contributed by atoms with Crippen molar-refractivity contribution in [1.82, 2.24) is 0 Å². The van der Waals surface area contributed by atoms with Gasteiger partial charge in [0.25, 0.3) is 0 Å². The molecule has 2 N–H and O–H groups in total. The third kappa shape index (κ3) is 12.4. The van der Waals surface area contributed by atoms with Gasteiger partial charge in [-0.15, -0.1) is 0 Å². The molecule has 0 heterocycles. The summed E-state index contributed by atoms with van der Waals surface area (Å²) in [4.78, 5) is 10.2. The van der Waals surface area contributed by atoms with Crippen molar-refractivity contribution in [3.63, 3.8) is 0 Å². The molecule has 0 rings (SSSR count). The number of rotatable bonds is 14. The standard InChI is InChI=1S/C16H32O4/c1-2-3-4-8-11-14(17)15(18)12-9-6-5-7-10-13-16(19)20/h14-15,17-18H,2-13H2,1H3,(H,19,20)/p-1. The molecule has 0 aromatic rings. The number of aliphatic carboxylic acids is 1. The molecule has 0 aliphatic rings. The molecule has 0 spiro atoms. The minimum absolute atomic E-state index is 0.138. The summed E-state index contributed by atoms with van der Waals surface area (Å²) in [5.74, 6) is -0.980. The first-order valence-corrected chi connectivity index (χ1v) is 8.14. The second-order valence-corrected chi connectivity index (χ2v) is 5.66. The first kappa shape index (κ1) is 19.4. The minimum atomic E-state index is -0.980. The summed E-state index contributed by atoms with van der Waals surface area (Å²) in [7, 11) is 0. The lowest BCUT2D eigenvalue weighted by Gasteiger charge is -2.17. The highest BCUT2D eigenvalue weighted by Gasteiger charge is 2.14. The largest absolute Gasteiger partial charge is 0.550 e. The van der Waals surface area contributed by atoms with Crippen molar-refractivity contribution in [2.75, 3.05) is 0 Å². The Morgan fingerprint density at radius 1 is 0.850 bits per heavy atom. The molecule has 0 amide bonds. The summed E-state index contributed by atoms with van der Waals surface area (Å²) in [6, 6.07) is 0. The van der Waals surface area contributed by atoms with Crippen LogP contribution in [0, 0.1) is 0 Å². The highest BCUT2D eigenvalue weighted by molar-refractivity contribution is 5.63. The van der Waals surface area contributed by atoms with E-state index in [-0.39, 0.29) is 6.42 Å². The number of hydrogen-bond donors (Lipinski definition) is 2. The van der Waals surface area contributed by atoms with Crippen molar-refractivity contribution >= 4 is 5.97 Å². The van der Waals surface area contributed by atoms with Gasteiger partial charge in [-0.05, 0) is 25.7 Å². The predicted molar refractivity (Wildman–Crippen MR) is 78.1 cm³/mol. The van der Waals surface area contributed by atoms with Crippen LogP contribution in [0.5, 0.6) is 0 Å². The summed E-state index contributed by atoms with van der Waals surface area (Å²) >= 11 is 0. The van der Waals surface area contributed by atoms with E-state index in [1.54, 1.807) is 0 Å². The molecule has 4 nitrogen and oxygen atoms in total. The number of carbonyl (C=O) groups excluding carboxylic acids is 1. The van der Waals surface area contributed by atoms with Crippen LogP contribution >= 0.6 is 0 Å². The normalized spacial score (nSPS) is 14.2. The van der Waals surface area contributed by atoms with E-state index in [1.807, 2.05) is 0 Å². The number of carboxylic acid groups (broad SMARTS) is 1. The van der Waals surface area contributed by atoms with Crippen LogP contribution < -0.4 is 5.11 Å². The summed E-state index contributed by atoms with van der Waals surface area (Å²) in [5.41, 5.74) is 0. The quantitative estimate of drug-likeness (QED) is 0.480. The number of unbranched alkanes of at least 4 members (excludes halogenated alkanes) is 7. The number of hydrogen-bond acceptors (Lipinski definition) is 4. The smallest absolute Gasteiger partial charge is 0.0799 e. The maximum atomic E-state index is 10.2. The zero-order valence-electron chi connectivity index (χ0n) is 12.9. The van der Waals surface area contributed by atoms with E-state index in [1.165, 1.54) is 12.8 Å². The van der Waals surface area contributed by atoms with E-state index < -0.39 is 18.2 Å². The average molecular weight is 287 g/mol. The topological polar surface area (TPSA) is 80.6 Å². The maximum absolute atomic E-state index is 10.2. The van der Waals surface area contributed by atoms with Gasteiger partial charge in [-0.3, -0.25) is 0 Å². The second kappa shape index (κ2) is 13.4. The Morgan fingerprint density at radius 3 is 1.80 bits per heavy atom. The Kier molecular flexibility index (Phi) is 13.0. The Labute approximate surface area is 123 Å². The minimum Gasteiger partial charge on any atom is -0.550 e. The number of aliphatic hydroxyl groups is 2.